The molecule has 1 atom stereocenters. The van der Waals surface area contributed by atoms with Gasteiger partial charge in [-0.15, -0.1) is 0 Å². The molecule has 0 amide bonds. The Labute approximate surface area is 188 Å². The second-order valence-corrected chi connectivity index (χ2v) is 8.09. The van der Waals surface area contributed by atoms with E-state index in [1.807, 2.05) is 37.5 Å². The smallest absolute Gasteiger partial charge is 0.161 e. The lowest BCUT2D eigenvalue weighted by Crippen LogP contribution is -2.28. The minimum Gasteiger partial charge on any atom is -0.493 e. The van der Waals surface area contributed by atoms with Crippen molar-refractivity contribution in [3.8, 4) is 11.5 Å². The molecule has 2 aromatic carbocycles. The molecule has 5 heteroatoms. The summed E-state index contributed by atoms with van der Waals surface area (Å²) in [5.74, 6) is 1.55. The van der Waals surface area contributed by atoms with Crippen molar-refractivity contribution in [2.45, 2.75) is 19.1 Å². The van der Waals surface area contributed by atoms with Crippen molar-refractivity contribution >= 4 is 17.1 Å². The standard InChI is InChI=1S/C27H27N3O2/c1-30-17-21(22-9-6-13-29-27(22)30)10-11-24-23-16-25(31-2)26(15-20(23)12-14-28-24)32-18-19-7-4-3-5-8-19/h3-11,13,15-17,24,28H,12,14,18H2,1-2H3/b11-10+. The summed E-state index contributed by atoms with van der Waals surface area (Å²) in [6, 6.07) is 18.7. The predicted molar refractivity (Wildman–Crippen MR) is 128 cm³/mol. The number of aryl methyl sites for hydroxylation is 1. The van der Waals surface area contributed by atoms with Gasteiger partial charge in [0.25, 0.3) is 0 Å². The molecule has 0 fully saturated rings. The van der Waals surface area contributed by atoms with E-state index in [9.17, 15) is 0 Å². The SMILES string of the molecule is COc1cc2c(cc1OCc1ccccc1)CCNC2/C=C/c1cn(C)c2ncccc12. The quantitative estimate of drug-likeness (QED) is 0.469. The van der Waals surface area contributed by atoms with Gasteiger partial charge in [0.1, 0.15) is 12.3 Å². The van der Waals surface area contributed by atoms with Crippen LogP contribution in [0.25, 0.3) is 17.1 Å². The third kappa shape index (κ3) is 3.99. The molecule has 0 spiro atoms. The van der Waals surface area contributed by atoms with Crippen molar-refractivity contribution in [2.75, 3.05) is 13.7 Å². The van der Waals surface area contributed by atoms with Crippen molar-refractivity contribution in [2.24, 2.45) is 7.05 Å². The van der Waals surface area contributed by atoms with Gasteiger partial charge in [-0.1, -0.05) is 42.5 Å². The van der Waals surface area contributed by atoms with E-state index in [1.54, 1.807) is 7.11 Å². The molecule has 5 nitrogen and oxygen atoms in total. The van der Waals surface area contributed by atoms with Gasteiger partial charge in [0.15, 0.2) is 11.5 Å². The van der Waals surface area contributed by atoms with Crippen LogP contribution in [-0.2, 0) is 20.1 Å². The molecule has 0 bridgehead atoms. The van der Waals surface area contributed by atoms with E-state index in [-0.39, 0.29) is 6.04 Å². The van der Waals surface area contributed by atoms with Crippen LogP contribution in [0.2, 0.25) is 0 Å². The Bertz CT molecular complexity index is 1260. The zero-order chi connectivity index (χ0) is 21.9. The number of benzene rings is 2. The summed E-state index contributed by atoms with van der Waals surface area (Å²) >= 11 is 0. The first-order valence-corrected chi connectivity index (χ1v) is 10.9. The summed E-state index contributed by atoms with van der Waals surface area (Å²) in [4.78, 5) is 4.49. The average Bonchev–Trinajstić information content (AvgIpc) is 3.17. The number of nitrogens with zero attached hydrogens (tertiary/aromatic N) is 2. The molecule has 0 saturated heterocycles. The number of pyridine rings is 1. The maximum atomic E-state index is 6.12. The van der Waals surface area contributed by atoms with E-state index in [4.69, 9.17) is 9.47 Å². The molecular formula is C27H27N3O2. The number of hydrogen-bond donors (Lipinski definition) is 1. The molecule has 1 aliphatic rings. The lowest BCUT2D eigenvalue weighted by Gasteiger charge is -2.26. The van der Waals surface area contributed by atoms with E-state index < -0.39 is 0 Å². The van der Waals surface area contributed by atoms with Crippen molar-refractivity contribution in [1.29, 1.82) is 0 Å². The number of ether oxygens (including phenoxy) is 2. The number of hydrogen-bond acceptors (Lipinski definition) is 4. The second-order valence-electron chi connectivity index (χ2n) is 8.09. The highest BCUT2D eigenvalue weighted by molar-refractivity contribution is 5.86. The van der Waals surface area contributed by atoms with Gasteiger partial charge in [-0.05, 0) is 47.4 Å². The summed E-state index contributed by atoms with van der Waals surface area (Å²) in [5.41, 5.74) is 5.82. The predicted octanol–water partition coefficient (Wildman–Crippen LogP) is 5.06. The van der Waals surface area contributed by atoms with Crippen LogP contribution in [0.5, 0.6) is 11.5 Å². The Balaban J connectivity index is 1.42. The van der Waals surface area contributed by atoms with Crippen LogP contribution in [0.1, 0.15) is 28.3 Å². The maximum Gasteiger partial charge on any atom is 0.161 e. The monoisotopic (exact) mass is 425 g/mol. The van der Waals surface area contributed by atoms with Crippen molar-refractivity contribution in [1.82, 2.24) is 14.9 Å². The molecule has 0 radical (unpaired) electrons. The highest BCUT2D eigenvalue weighted by Gasteiger charge is 2.21. The summed E-state index contributed by atoms with van der Waals surface area (Å²) in [6.07, 6.45) is 9.33. The molecule has 1 N–H and O–H groups in total. The third-order valence-corrected chi connectivity index (χ3v) is 5.99. The fraction of sp³-hybridized carbons (Fsp3) is 0.222. The minimum absolute atomic E-state index is 0.114. The Hall–Kier alpha value is -3.57. The molecule has 5 rings (SSSR count). The zero-order valence-corrected chi connectivity index (χ0v) is 18.4. The lowest BCUT2D eigenvalue weighted by atomic mass is 9.93. The van der Waals surface area contributed by atoms with Gasteiger partial charge >= 0.3 is 0 Å². The molecular weight excluding hydrogens is 398 g/mol. The van der Waals surface area contributed by atoms with Crippen LogP contribution in [0.15, 0.2) is 73.1 Å². The minimum atomic E-state index is 0.114. The Morgan fingerprint density at radius 3 is 2.84 bits per heavy atom. The van der Waals surface area contributed by atoms with E-state index in [0.717, 1.165) is 41.1 Å². The van der Waals surface area contributed by atoms with Crippen molar-refractivity contribution < 1.29 is 9.47 Å². The number of aromatic nitrogens is 2. The highest BCUT2D eigenvalue weighted by Crippen LogP contribution is 2.36. The number of nitrogens with one attached hydrogen (secondary N) is 1. The first-order chi connectivity index (χ1) is 15.7. The van der Waals surface area contributed by atoms with Crippen molar-refractivity contribution in [3.05, 3.63) is 95.3 Å². The van der Waals surface area contributed by atoms with Crippen molar-refractivity contribution in [3.63, 3.8) is 0 Å². The lowest BCUT2D eigenvalue weighted by molar-refractivity contribution is 0.283. The first-order valence-electron chi connectivity index (χ1n) is 10.9. The highest BCUT2D eigenvalue weighted by atomic mass is 16.5. The normalized spacial score (nSPS) is 15.8. The fourth-order valence-electron chi connectivity index (χ4n) is 4.35. The first kappa shape index (κ1) is 20.3. The Kier molecular flexibility index (Phi) is 5.65. The maximum absolute atomic E-state index is 6.12. The van der Waals surface area contributed by atoms with E-state index in [0.29, 0.717) is 6.61 Å². The largest absolute Gasteiger partial charge is 0.493 e. The van der Waals surface area contributed by atoms with Crippen LogP contribution in [0, 0.1) is 0 Å². The summed E-state index contributed by atoms with van der Waals surface area (Å²) < 4.78 is 13.9. The second kappa shape index (κ2) is 8.89. The molecule has 1 unspecified atom stereocenters. The Morgan fingerprint density at radius 1 is 1.12 bits per heavy atom. The van der Waals surface area contributed by atoms with E-state index in [2.05, 4.69) is 63.5 Å². The van der Waals surface area contributed by atoms with Gasteiger partial charge in [0, 0.05) is 36.9 Å². The molecule has 32 heavy (non-hydrogen) atoms. The molecule has 4 aromatic rings. The number of fused-ring (bicyclic) bond motifs is 2. The number of methoxy groups -OCH3 is 1. The van der Waals surface area contributed by atoms with Gasteiger partial charge in [-0.25, -0.2) is 4.98 Å². The molecule has 1 aliphatic heterocycles. The number of rotatable bonds is 6. The van der Waals surface area contributed by atoms with Crippen LogP contribution < -0.4 is 14.8 Å². The van der Waals surface area contributed by atoms with Gasteiger partial charge in [-0.3, -0.25) is 0 Å². The molecule has 3 heterocycles. The van der Waals surface area contributed by atoms with Gasteiger partial charge in [0.05, 0.1) is 13.2 Å². The van der Waals surface area contributed by atoms with Crippen LogP contribution in [0.4, 0.5) is 0 Å². The van der Waals surface area contributed by atoms with E-state index in [1.165, 1.54) is 16.7 Å². The Morgan fingerprint density at radius 2 is 2.00 bits per heavy atom. The topological polar surface area (TPSA) is 48.3 Å². The van der Waals surface area contributed by atoms with Crippen LogP contribution >= 0.6 is 0 Å². The molecule has 0 aliphatic carbocycles. The zero-order valence-electron chi connectivity index (χ0n) is 18.4. The summed E-state index contributed by atoms with van der Waals surface area (Å²) in [7, 11) is 3.73. The van der Waals surface area contributed by atoms with Crippen LogP contribution in [-0.4, -0.2) is 23.2 Å². The summed E-state index contributed by atoms with van der Waals surface area (Å²) in [5, 5.41) is 4.78. The average molecular weight is 426 g/mol. The van der Waals surface area contributed by atoms with E-state index >= 15 is 0 Å². The van der Waals surface area contributed by atoms with Gasteiger partial charge in [0.2, 0.25) is 0 Å². The molecule has 2 aromatic heterocycles. The van der Waals surface area contributed by atoms with Crippen LogP contribution in [0.3, 0.4) is 0 Å². The fourth-order valence-corrected chi connectivity index (χ4v) is 4.35. The third-order valence-electron chi connectivity index (χ3n) is 5.99. The van der Waals surface area contributed by atoms with Gasteiger partial charge < -0.3 is 19.4 Å². The summed E-state index contributed by atoms with van der Waals surface area (Å²) in [6.45, 7) is 1.44. The van der Waals surface area contributed by atoms with Gasteiger partial charge in [-0.2, -0.15) is 0 Å². The molecule has 0 saturated carbocycles. The molecule has 162 valence electrons.